The van der Waals surface area contributed by atoms with Crippen molar-refractivity contribution >= 4 is 39.5 Å². The van der Waals surface area contributed by atoms with Gasteiger partial charge in [0.25, 0.3) is 0 Å². The normalized spacial score (nSPS) is 14.4. The van der Waals surface area contributed by atoms with E-state index in [1.165, 1.54) is 173 Å². The second kappa shape index (κ2) is 64.4. The first kappa shape index (κ1) is 92.1. The Bertz CT molecular complexity index is 1850. The van der Waals surface area contributed by atoms with Crippen LogP contribution in [0.4, 0.5) is 0 Å². The second-order valence-electron chi connectivity index (χ2n) is 28.7. The zero-order valence-electron chi connectivity index (χ0n) is 61.6. The molecule has 0 rings (SSSR count). The Hall–Kier alpha value is -1.94. The SMILES string of the molecule is CCC(C)CCCCCCCCCCCCCCCCC(=O)O[C@H](COC(=O)CCCCCCCCCCCCCCC(C)C)COP(=O)(O)OC[C@@H](O)COP(=O)(O)OC[C@@H](COC(=O)CCCCCCCCC(C)C)OC(=O)CCCCCCCCCCCC(C)C. The van der Waals surface area contributed by atoms with Gasteiger partial charge in [-0.2, -0.15) is 0 Å². The minimum atomic E-state index is -4.96. The molecular formula is C75H146O17P2. The number of hydrogen-bond acceptors (Lipinski definition) is 15. The van der Waals surface area contributed by atoms with Gasteiger partial charge in [-0.05, 0) is 49.4 Å². The van der Waals surface area contributed by atoms with E-state index in [-0.39, 0.29) is 25.7 Å². The van der Waals surface area contributed by atoms with Gasteiger partial charge in [0.15, 0.2) is 12.2 Å². The van der Waals surface area contributed by atoms with Crippen LogP contribution in [-0.2, 0) is 65.4 Å². The summed E-state index contributed by atoms with van der Waals surface area (Å²) in [4.78, 5) is 72.7. The lowest BCUT2D eigenvalue weighted by Gasteiger charge is -2.21. The van der Waals surface area contributed by atoms with Gasteiger partial charge in [-0.1, -0.05) is 325 Å². The van der Waals surface area contributed by atoms with Crippen LogP contribution in [0.15, 0.2) is 0 Å². The lowest BCUT2D eigenvalue weighted by atomic mass is 9.99. The topological polar surface area (TPSA) is 237 Å². The van der Waals surface area contributed by atoms with Gasteiger partial charge in [-0.25, -0.2) is 9.13 Å². The lowest BCUT2D eigenvalue weighted by Crippen LogP contribution is -2.30. The molecule has 0 saturated carbocycles. The average Bonchev–Trinajstić information content (AvgIpc) is 1.33. The quantitative estimate of drug-likeness (QED) is 0.0222. The fourth-order valence-corrected chi connectivity index (χ4v) is 12.9. The van der Waals surface area contributed by atoms with E-state index in [1.807, 2.05) is 0 Å². The molecule has 0 aromatic heterocycles. The number of ether oxygens (including phenoxy) is 4. The molecule has 6 atom stereocenters. The summed E-state index contributed by atoms with van der Waals surface area (Å²) in [5, 5.41) is 10.6. The number of carbonyl (C=O) groups excluding carboxylic acids is 4. The third-order valence-electron chi connectivity index (χ3n) is 17.7. The Morgan fingerprint density at radius 2 is 0.511 bits per heavy atom. The fraction of sp³-hybridized carbons (Fsp3) is 0.947. The number of hydrogen-bond donors (Lipinski definition) is 3. The van der Waals surface area contributed by atoms with Gasteiger partial charge in [0.05, 0.1) is 26.4 Å². The molecule has 0 bridgehead atoms. The molecule has 0 aromatic rings. The number of unbranched alkanes of at least 4 members (excludes halogenated alkanes) is 37. The van der Waals surface area contributed by atoms with Gasteiger partial charge in [-0.3, -0.25) is 37.3 Å². The predicted molar refractivity (Wildman–Crippen MR) is 381 cm³/mol. The van der Waals surface area contributed by atoms with Crippen LogP contribution < -0.4 is 0 Å². The van der Waals surface area contributed by atoms with Crippen LogP contribution in [-0.4, -0.2) is 96.7 Å². The van der Waals surface area contributed by atoms with Gasteiger partial charge >= 0.3 is 39.5 Å². The summed E-state index contributed by atoms with van der Waals surface area (Å²) in [5.74, 6) is 0.919. The molecule has 3 N–H and O–H groups in total. The molecule has 0 fully saturated rings. The van der Waals surface area contributed by atoms with Crippen molar-refractivity contribution in [2.75, 3.05) is 39.6 Å². The molecule has 3 unspecified atom stereocenters. The second-order valence-corrected chi connectivity index (χ2v) is 31.6. The van der Waals surface area contributed by atoms with Crippen molar-refractivity contribution in [2.24, 2.45) is 23.7 Å². The Kier molecular flexibility index (Phi) is 63.1. The van der Waals surface area contributed by atoms with Crippen LogP contribution in [0.3, 0.4) is 0 Å². The molecule has 17 nitrogen and oxygen atoms in total. The van der Waals surface area contributed by atoms with Crippen molar-refractivity contribution in [3.63, 3.8) is 0 Å². The van der Waals surface area contributed by atoms with E-state index in [2.05, 4.69) is 55.4 Å². The van der Waals surface area contributed by atoms with Crippen LogP contribution in [0.25, 0.3) is 0 Å². The summed E-state index contributed by atoms with van der Waals surface area (Å²) in [5.41, 5.74) is 0. The van der Waals surface area contributed by atoms with Crippen LogP contribution >= 0.6 is 15.6 Å². The smallest absolute Gasteiger partial charge is 0.462 e. The monoisotopic (exact) mass is 1380 g/mol. The summed E-state index contributed by atoms with van der Waals surface area (Å²) in [7, 11) is -9.91. The summed E-state index contributed by atoms with van der Waals surface area (Å²) in [6.45, 7) is 14.2. The summed E-state index contributed by atoms with van der Waals surface area (Å²) < 4.78 is 68.4. The third kappa shape index (κ3) is 67.3. The van der Waals surface area contributed by atoms with E-state index in [0.29, 0.717) is 31.6 Å². The molecule has 0 saturated heterocycles. The number of carbonyl (C=O) groups is 4. The van der Waals surface area contributed by atoms with Gasteiger partial charge in [0.2, 0.25) is 0 Å². The van der Waals surface area contributed by atoms with E-state index < -0.39 is 97.5 Å². The number of phosphoric ester groups is 2. The standard InChI is InChI=1S/C75H146O17P2/c1-9-68(8)54-46-38-29-23-17-12-10-11-13-19-25-31-41-49-57-74(79)91-70(61-85-72(77)55-47-39-30-24-18-15-14-16-21-27-35-43-51-65(2)3)63-89-93(81,82)87-59-69(76)60-88-94(83,84)90-64-71(62-86-73(78)56-48-40-34-33-37-45-53-67(6)7)92-75(80)58-50-42-32-26-20-22-28-36-44-52-66(4)5/h65-71,76H,9-64H2,1-8H3,(H,81,82)(H,83,84)/t68?,69-,70-,71-/m1/s1. The zero-order chi connectivity index (χ0) is 69.6. The minimum Gasteiger partial charge on any atom is -0.462 e. The molecule has 0 amide bonds. The molecule has 0 aromatic carbocycles. The number of aliphatic hydroxyl groups is 1. The minimum absolute atomic E-state index is 0.104. The highest BCUT2D eigenvalue weighted by atomic mass is 31.2. The van der Waals surface area contributed by atoms with Gasteiger partial charge in [0.1, 0.15) is 19.3 Å². The van der Waals surface area contributed by atoms with Crippen LogP contribution in [0.1, 0.15) is 376 Å². The van der Waals surface area contributed by atoms with Crippen LogP contribution in [0.2, 0.25) is 0 Å². The maximum Gasteiger partial charge on any atom is 0.472 e. The lowest BCUT2D eigenvalue weighted by molar-refractivity contribution is -0.161. The predicted octanol–water partition coefficient (Wildman–Crippen LogP) is 21.7. The highest BCUT2D eigenvalue weighted by molar-refractivity contribution is 7.47. The molecule has 0 heterocycles. The highest BCUT2D eigenvalue weighted by Crippen LogP contribution is 2.45. The maximum absolute atomic E-state index is 13.1. The number of esters is 4. The average molecular weight is 1380 g/mol. The largest absolute Gasteiger partial charge is 0.472 e. The zero-order valence-corrected chi connectivity index (χ0v) is 63.4. The van der Waals surface area contributed by atoms with Gasteiger partial charge < -0.3 is 33.8 Å². The number of aliphatic hydroxyl groups excluding tert-OH is 1. The highest BCUT2D eigenvalue weighted by Gasteiger charge is 2.30. The molecule has 0 aliphatic heterocycles. The molecule has 0 aliphatic rings. The third-order valence-corrected chi connectivity index (χ3v) is 19.6. The molecule has 94 heavy (non-hydrogen) atoms. The van der Waals surface area contributed by atoms with Crippen LogP contribution in [0, 0.1) is 23.7 Å². The first-order valence-electron chi connectivity index (χ1n) is 38.7. The Morgan fingerprint density at radius 3 is 0.755 bits per heavy atom. The molecule has 0 aliphatic carbocycles. The molecule has 0 radical (unpaired) electrons. The Morgan fingerprint density at radius 1 is 0.298 bits per heavy atom. The number of rotatable bonds is 72. The van der Waals surface area contributed by atoms with Gasteiger partial charge in [-0.15, -0.1) is 0 Å². The van der Waals surface area contributed by atoms with E-state index in [9.17, 15) is 43.2 Å². The maximum atomic E-state index is 13.1. The van der Waals surface area contributed by atoms with E-state index >= 15 is 0 Å². The first-order valence-corrected chi connectivity index (χ1v) is 41.7. The fourth-order valence-electron chi connectivity index (χ4n) is 11.3. The molecular weight excluding hydrogens is 1230 g/mol. The van der Waals surface area contributed by atoms with E-state index in [1.54, 1.807) is 0 Å². The van der Waals surface area contributed by atoms with Crippen molar-refractivity contribution in [2.45, 2.75) is 395 Å². The molecule has 19 heteroatoms. The van der Waals surface area contributed by atoms with Crippen molar-refractivity contribution in [3.05, 3.63) is 0 Å². The summed E-state index contributed by atoms with van der Waals surface area (Å²) in [6.07, 6.45) is 48.7. The Labute approximate surface area is 575 Å². The van der Waals surface area contributed by atoms with Crippen molar-refractivity contribution in [1.29, 1.82) is 0 Å². The van der Waals surface area contributed by atoms with Crippen molar-refractivity contribution in [3.8, 4) is 0 Å². The van der Waals surface area contributed by atoms with E-state index in [4.69, 9.17) is 37.0 Å². The molecule has 0 spiro atoms. The van der Waals surface area contributed by atoms with E-state index in [0.717, 1.165) is 114 Å². The summed E-state index contributed by atoms with van der Waals surface area (Å²) >= 11 is 0. The molecule has 558 valence electrons. The first-order chi connectivity index (χ1) is 45.1. The van der Waals surface area contributed by atoms with Crippen LogP contribution in [0.5, 0.6) is 0 Å². The van der Waals surface area contributed by atoms with Crippen molar-refractivity contribution < 1.29 is 80.2 Å². The number of phosphoric acid groups is 2. The Balaban J connectivity index is 5.24. The summed E-state index contributed by atoms with van der Waals surface area (Å²) in [6, 6.07) is 0. The van der Waals surface area contributed by atoms with Gasteiger partial charge in [0, 0.05) is 25.7 Å². The van der Waals surface area contributed by atoms with Crippen molar-refractivity contribution in [1.82, 2.24) is 0 Å².